The fourth-order valence-corrected chi connectivity index (χ4v) is 2.26. The average Bonchev–Trinajstić information content (AvgIpc) is 2.75. The molecule has 96 valence electrons. The number of carbonyl (C=O) groups is 2. The fraction of sp³-hybridized carbons (Fsp3) is 0.385. The van der Waals surface area contributed by atoms with Crippen LogP contribution in [0.25, 0.3) is 0 Å². The minimum Gasteiger partial charge on any atom is -0.462 e. The van der Waals surface area contributed by atoms with Gasteiger partial charge in [0.2, 0.25) is 5.91 Å². The number of esters is 1. The highest BCUT2D eigenvalue weighted by Crippen LogP contribution is 2.27. The molecule has 0 aromatic heterocycles. The molecule has 4 nitrogen and oxygen atoms in total. The van der Waals surface area contributed by atoms with Crippen molar-refractivity contribution in [3.8, 4) is 0 Å². The molecule has 1 N–H and O–H groups in total. The Morgan fingerprint density at radius 1 is 1.50 bits per heavy atom. The predicted molar refractivity (Wildman–Crippen MR) is 67.8 cm³/mol. The minimum absolute atomic E-state index is 0.0256. The summed E-state index contributed by atoms with van der Waals surface area (Å²) in [4.78, 5) is 22.9. The van der Waals surface area contributed by atoms with Crippen molar-refractivity contribution < 1.29 is 14.3 Å². The molecule has 1 aliphatic heterocycles. The number of ether oxygens (including phenoxy) is 1. The van der Waals surface area contributed by atoms with Crippen LogP contribution in [0.3, 0.4) is 0 Å². The number of halogens is 1. The van der Waals surface area contributed by atoms with Crippen molar-refractivity contribution in [3.05, 3.63) is 34.3 Å². The van der Waals surface area contributed by atoms with Gasteiger partial charge in [-0.05, 0) is 30.7 Å². The molecule has 1 aromatic carbocycles. The summed E-state index contributed by atoms with van der Waals surface area (Å²) in [5, 5.41) is 3.24. The Kier molecular flexibility index (Phi) is 3.87. The number of amides is 1. The van der Waals surface area contributed by atoms with Gasteiger partial charge in [-0.3, -0.25) is 4.79 Å². The molecule has 0 saturated carbocycles. The average molecular weight is 268 g/mol. The lowest BCUT2D eigenvalue weighted by molar-refractivity contribution is -0.119. The number of hydrogen-bond donors (Lipinski definition) is 1. The third kappa shape index (κ3) is 2.82. The summed E-state index contributed by atoms with van der Waals surface area (Å²) < 4.78 is 4.94. The first-order valence-corrected chi connectivity index (χ1v) is 6.22. The summed E-state index contributed by atoms with van der Waals surface area (Å²) in [5.41, 5.74) is 1.32. The lowest BCUT2D eigenvalue weighted by atomic mass is 9.96. The topological polar surface area (TPSA) is 55.4 Å². The van der Waals surface area contributed by atoms with E-state index < -0.39 is 5.97 Å². The quantitative estimate of drug-likeness (QED) is 0.854. The highest BCUT2D eigenvalue weighted by atomic mass is 35.5. The maximum absolute atomic E-state index is 11.7. The second-order valence-corrected chi connectivity index (χ2v) is 4.64. The van der Waals surface area contributed by atoms with Crippen molar-refractivity contribution in [2.75, 3.05) is 13.2 Å². The number of benzene rings is 1. The first-order chi connectivity index (χ1) is 8.60. The van der Waals surface area contributed by atoms with Crippen LogP contribution in [0, 0.1) is 0 Å². The van der Waals surface area contributed by atoms with E-state index in [0.717, 1.165) is 5.56 Å². The van der Waals surface area contributed by atoms with E-state index >= 15 is 0 Å². The third-order valence-corrected chi connectivity index (χ3v) is 3.10. The van der Waals surface area contributed by atoms with Crippen molar-refractivity contribution in [2.45, 2.75) is 19.3 Å². The van der Waals surface area contributed by atoms with Crippen LogP contribution in [-0.2, 0) is 9.53 Å². The third-order valence-electron chi connectivity index (χ3n) is 2.88. The van der Waals surface area contributed by atoms with Crippen molar-refractivity contribution >= 4 is 23.5 Å². The molecule has 18 heavy (non-hydrogen) atoms. The smallest absolute Gasteiger partial charge is 0.338 e. The molecule has 2 rings (SSSR count). The molecule has 1 saturated heterocycles. The first kappa shape index (κ1) is 12.9. The molecule has 1 amide bonds. The van der Waals surface area contributed by atoms with Gasteiger partial charge in [0, 0.05) is 23.9 Å². The molecule has 1 unspecified atom stereocenters. The van der Waals surface area contributed by atoms with Gasteiger partial charge < -0.3 is 10.1 Å². The second-order valence-electron chi connectivity index (χ2n) is 4.20. The Hall–Kier alpha value is -1.55. The summed E-state index contributed by atoms with van der Waals surface area (Å²) in [5.74, 6) is -0.291. The summed E-state index contributed by atoms with van der Waals surface area (Å²) in [7, 11) is 0. The maximum atomic E-state index is 11.7. The van der Waals surface area contributed by atoms with Gasteiger partial charge in [-0.1, -0.05) is 11.6 Å². The van der Waals surface area contributed by atoms with E-state index in [9.17, 15) is 9.59 Å². The lowest BCUT2D eigenvalue weighted by Crippen LogP contribution is -2.13. The zero-order chi connectivity index (χ0) is 13.1. The molecule has 0 radical (unpaired) electrons. The van der Waals surface area contributed by atoms with Gasteiger partial charge in [-0.15, -0.1) is 0 Å². The number of nitrogens with one attached hydrogen (secondary N) is 1. The number of carbonyl (C=O) groups excluding carboxylic acids is 2. The molecule has 1 aliphatic rings. The van der Waals surface area contributed by atoms with E-state index in [2.05, 4.69) is 5.32 Å². The molecule has 1 aromatic rings. The normalized spacial score (nSPS) is 18.6. The van der Waals surface area contributed by atoms with Crippen LogP contribution < -0.4 is 5.32 Å². The Morgan fingerprint density at radius 3 is 2.89 bits per heavy atom. The first-order valence-electron chi connectivity index (χ1n) is 5.84. The second kappa shape index (κ2) is 5.40. The maximum Gasteiger partial charge on any atom is 0.338 e. The molecule has 0 aliphatic carbocycles. The summed E-state index contributed by atoms with van der Waals surface area (Å²) >= 11 is 6.00. The van der Waals surface area contributed by atoms with E-state index in [-0.39, 0.29) is 11.8 Å². The number of hydrogen-bond acceptors (Lipinski definition) is 3. The molecular weight excluding hydrogens is 254 g/mol. The SMILES string of the molecule is CCOC(=O)c1cc(Cl)cc(C2CNC(=O)C2)c1. The van der Waals surface area contributed by atoms with Crippen LogP contribution in [-0.4, -0.2) is 25.0 Å². The molecule has 1 fully saturated rings. The van der Waals surface area contributed by atoms with Gasteiger partial charge in [0.05, 0.1) is 12.2 Å². The van der Waals surface area contributed by atoms with Gasteiger partial charge >= 0.3 is 5.97 Å². The zero-order valence-corrected chi connectivity index (χ0v) is 10.8. The highest BCUT2D eigenvalue weighted by Gasteiger charge is 2.24. The molecule has 5 heteroatoms. The van der Waals surface area contributed by atoms with Crippen molar-refractivity contribution in [2.24, 2.45) is 0 Å². The zero-order valence-electron chi connectivity index (χ0n) is 10.0. The van der Waals surface area contributed by atoms with Crippen LogP contribution in [0.1, 0.15) is 35.2 Å². The summed E-state index contributed by atoms with van der Waals surface area (Å²) in [6, 6.07) is 5.11. The van der Waals surface area contributed by atoms with Gasteiger partial charge in [0.15, 0.2) is 0 Å². The van der Waals surface area contributed by atoms with Crippen molar-refractivity contribution in [3.63, 3.8) is 0 Å². The van der Waals surface area contributed by atoms with Crippen LogP contribution in [0.4, 0.5) is 0 Å². The molecular formula is C13H14ClNO3. The van der Waals surface area contributed by atoms with Gasteiger partial charge in [0.1, 0.15) is 0 Å². The Bertz CT molecular complexity index is 487. The standard InChI is InChI=1S/C13H14ClNO3/c1-2-18-13(17)9-3-8(4-11(14)5-9)10-6-12(16)15-7-10/h3-5,10H,2,6-7H2,1H3,(H,15,16). The molecule has 0 spiro atoms. The largest absolute Gasteiger partial charge is 0.462 e. The molecule has 1 heterocycles. The predicted octanol–water partition coefficient (Wildman–Crippen LogP) is 2.12. The van der Waals surface area contributed by atoms with Gasteiger partial charge in [-0.2, -0.15) is 0 Å². The van der Waals surface area contributed by atoms with Crippen molar-refractivity contribution in [1.82, 2.24) is 5.32 Å². The fourth-order valence-electron chi connectivity index (χ4n) is 2.02. The van der Waals surface area contributed by atoms with E-state index in [1.54, 1.807) is 25.1 Å². The Morgan fingerprint density at radius 2 is 2.28 bits per heavy atom. The monoisotopic (exact) mass is 267 g/mol. The van der Waals surface area contributed by atoms with E-state index in [0.29, 0.717) is 30.2 Å². The Balaban J connectivity index is 2.26. The van der Waals surface area contributed by atoms with E-state index in [1.807, 2.05) is 0 Å². The molecule has 1 atom stereocenters. The summed E-state index contributed by atoms with van der Waals surface area (Å²) in [6.07, 6.45) is 0.433. The van der Waals surface area contributed by atoms with Crippen LogP contribution in [0.2, 0.25) is 5.02 Å². The lowest BCUT2D eigenvalue weighted by Gasteiger charge is -2.10. The van der Waals surface area contributed by atoms with Crippen LogP contribution in [0.15, 0.2) is 18.2 Å². The minimum atomic E-state index is -0.390. The highest BCUT2D eigenvalue weighted by molar-refractivity contribution is 6.31. The summed E-state index contributed by atoms with van der Waals surface area (Å²) in [6.45, 7) is 2.66. The van der Waals surface area contributed by atoms with Gasteiger partial charge in [-0.25, -0.2) is 4.79 Å². The van der Waals surface area contributed by atoms with Crippen molar-refractivity contribution in [1.29, 1.82) is 0 Å². The van der Waals surface area contributed by atoms with Gasteiger partial charge in [0.25, 0.3) is 0 Å². The van der Waals surface area contributed by atoms with Crippen LogP contribution in [0.5, 0.6) is 0 Å². The Labute approximate surface area is 110 Å². The van der Waals surface area contributed by atoms with E-state index in [1.165, 1.54) is 0 Å². The molecule has 0 bridgehead atoms. The van der Waals surface area contributed by atoms with E-state index in [4.69, 9.17) is 16.3 Å². The van der Waals surface area contributed by atoms with Crippen LogP contribution >= 0.6 is 11.6 Å². The number of rotatable bonds is 3.